The van der Waals surface area contributed by atoms with Gasteiger partial charge in [0.15, 0.2) is 5.69 Å². The normalized spacial score (nSPS) is 19.3. The van der Waals surface area contributed by atoms with Crippen molar-refractivity contribution in [2.75, 3.05) is 20.2 Å². The summed E-state index contributed by atoms with van der Waals surface area (Å²) in [5, 5.41) is 13.6. The summed E-state index contributed by atoms with van der Waals surface area (Å²) >= 11 is 0. The van der Waals surface area contributed by atoms with Gasteiger partial charge in [0, 0.05) is 19.2 Å². The molecule has 1 aliphatic heterocycles. The predicted octanol–water partition coefficient (Wildman–Crippen LogP) is 0.357. The fraction of sp³-hybridized carbons (Fsp3) is 0.583. The van der Waals surface area contributed by atoms with E-state index in [-0.39, 0.29) is 5.91 Å². The van der Waals surface area contributed by atoms with Gasteiger partial charge in [0.25, 0.3) is 5.91 Å². The molecule has 1 unspecified atom stereocenters. The summed E-state index contributed by atoms with van der Waals surface area (Å²) in [7, 11) is 1.56. The Balaban J connectivity index is 1.84. The van der Waals surface area contributed by atoms with Gasteiger partial charge < -0.3 is 15.4 Å². The molecule has 1 amide bonds. The first-order chi connectivity index (χ1) is 8.79. The molecular weight excluding hydrogens is 232 g/mol. The maximum absolute atomic E-state index is 11.3. The molecule has 0 aliphatic carbocycles. The number of ether oxygens (including phenoxy) is 1. The van der Waals surface area contributed by atoms with E-state index in [0.717, 1.165) is 13.0 Å². The monoisotopic (exact) mass is 250 g/mol. The molecule has 1 aromatic heterocycles. The number of nitrogens with zero attached hydrogens (tertiary/aromatic N) is 2. The van der Waals surface area contributed by atoms with Crippen LogP contribution in [0.5, 0.6) is 5.88 Å². The summed E-state index contributed by atoms with van der Waals surface area (Å²) in [6.45, 7) is 1.64. The van der Waals surface area contributed by atoms with E-state index in [2.05, 4.69) is 20.8 Å². The Labute approximate surface area is 106 Å². The van der Waals surface area contributed by atoms with Crippen LogP contribution in [0, 0.1) is 0 Å². The topological polar surface area (TPSA) is 76.1 Å². The summed E-state index contributed by atoms with van der Waals surface area (Å²) in [6.07, 6.45) is 3.60. The highest BCUT2D eigenvalue weighted by atomic mass is 16.5. The third-order valence-corrected chi connectivity index (χ3v) is 2.94. The van der Waals surface area contributed by atoms with Crippen LogP contribution in [0.3, 0.4) is 0 Å². The van der Waals surface area contributed by atoms with Crippen molar-refractivity contribution in [2.24, 2.45) is 0 Å². The number of aromatic nitrogens is 2. The standard InChI is InChI=1S/C12H18N4O2/c1-13-12(17)10-5-6-11(16-15-10)18-8-9-4-2-3-7-14-9/h5-6,9,14H,2-4,7-8H2,1H3,(H,13,17). The molecule has 0 aromatic carbocycles. The first-order valence-corrected chi connectivity index (χ1v) is 6.21. The van der Waals surface area contributed by atoms with Gasteiger partial charge in [-0.3, -0.25) is 4.79 Å². The Morgan fingerprint density at radius 1 is 1.50 bits per heavy atom. The van der Waals surface area contributed by atoms with Gasteiger partial charge in [0.1, 0.15) is 6.61 Å². The maximum Gasteiger partial charge on any atom is 0.271 e. The molecule has 0 saturated carbocycles. The lowest BCUT2D eigenvalue weighted by molar-refractivity contribution is 0.0956. The summed E-state index contributed by atoms with van der Waals surface area (Å²) in [6, 6.07) is 3.66. The molecule has 0 bridgehead atoms. The van der Waals surface area contributed by atoms with Gasteiger partial charge >= 0.3 is 0 Å². The second kappa shape index (κ2) is 6.30. The van der Waals surface area contributed by atoms with Crippen LogP contribution in [-0.4, -0.2) is 42.3 Å². The van der Waals surface area contributed by atoms with Crippen LogP contribution < -0.4 is 15.4 Å². The van der Waals surface area contributed by atoms with Crippen molar-refractivity contribution in [3.8, 4) is 5.88 Å². The lowest BCUT2D eigenvalue weighted by Crippen LogP contribution is -2.38. The molecule has 1 aliphatic rings. The smallest absolute Gasteiger partial charge is 0.271 e. The number of carbonyl (C=O) groups excluding carboxylic acids is 1. The zero-order chi connectivity index (χ0) is 12.8. The Morgan fingerprint density at radius 2 is 2.39 bits per heavy atom. The zero-order valence-electron chi connectivity index (χ0n) is 10.5. The lowest BCUT2D eigenvalue weighted by atomic mass is 10.1. The number of hydrogen-bond acceptors (Lipinski definition) is 5. The highest BCUT2D eigenvalue weighted by molar-refractivity contribution is 5.91. The molecule has 1 fully saturated rings. The number of rotatable bonds is 4. The molecule has 6 nitrogen and oxygen atoms in total. The van der Waals surface area contributed by atoms with Gasteiger partial charge in [-0.25, -0.2) is 0 Å². The molecule has 0 spiro atoms. The van der Waals surface area contributed by atoms with Crippen molar-refractivity contribution in [1.29, 1.82) is 0 Å². The quantitative estimate of drug-likeness (QED) is 0.806. The number of hydrogen-bond donors (Lipinski definition) is 2. The molecule has 18 heavy (non-hydrogen) atoms. The molecule has 2 heterocycles. The third-order valence-electron chi connectivity index (χ3n) is 2.94. The molecule has 1 saturated heterocycles. The average molecular weight is 250 g/mol. The Kier molecular flexibility index (Phi) is 4.46. The van der Waals surface area contributed by atoms with Gasteiger partial charge in [-0.2, -0.15) is 0 Å². The highest BCUT2D eigenvalue weighted by Gasteiger charge is 2.13. The van der Waals surface area contributed by atoms with Crippen molar-refractivity contribution in [3.05, 3.63) is 17.8 Å². The number of carbonyl (C=O) groups is 1. The van der Waals surface area contributed by atoms with Gasteiger partial charge in [-0.1, -0.05) is 6.42 Å². The van der Waals surface area contributed by atoms with Crippen LogP contribution in [0.1, 0.15) is 29.8 Å². The van der Waals surface area contributed by atoms with E-state index in [9.17, 15) is 4.79 Å². The summed E-state index contributed by atoms with van der Waals surface area (Å²) in [5.74, 6) is 0.207. The van der Waals surface area contributed by atoms with E-state index in [0.29, 0.717) is 24.2 Å². The van der Waals surface area contributed by atoms with Crippen molar-refractivity contribution in [2.45, 2.75) is 25.3 Å². The van der Waals surface area contributed by atoms with E-state index in [4.69, 9.17) is 4.74 Å². The third kappa shape index (κ3) is 3.40. The Bertz CT molecular complexity index is 388. The number of piperidine rings is 1. The summed E-state index contributed by atoms with van der Waals surface area (Å²) < 4.78 is 5.55. The molecular formula is C12H18N4O2. The van der Waals surface area contributed by atoms with E-state index in [1.54, 1.807) is 19.2 Å². The predicted molar refractivity (Wildman–Crippen MR) is 66.6 cm³/mol. The molecule has 1 aromatic rings. The van der Waals surface area contributed by atoms with Crippen LogP contribution in [0.2, 0.25) is 0 Å². The number of amides is 1. The number of nitrogens with one attached hydrogen (secondary N) is 2. The van der Waals surface area contributed by atoms with Crippen LogP contribution in [0.25, 0.3) is 0 Å². The van der Waals surface area contributed by atoms with Gasteiger partial charge in [0.2, 0.25) is 5.88 Å². The molecule has 6 heteroatoms. The lowest BCUT2D eigenvalue weighted by Gasteiger charge is -2.22. The summed E-state index contributed by atoms with van der Waals surface area (Å²) in [5.41, 5.74) is 0.292. The fourth-order valence-corrected chi connectivity index (χ4v) is 1.90. The average Bonchev–Trinajstić information content (AvgIpc) is 2.46. The molecule has 2 N–H and O–H groups in total. The molecule has 0 radical (unpaired) electrons. The highest BCUT2D eigenvalue weighted by Crippen LogP contribution is 2.10. The van der Waals surface area contributed by atoms with E-state index < -0.39 is 0 Å². The minimum Gasteiger partial charge on any atom is -0.475 e. The second-order valence-electron chi connectivity index (χ2n) is 4.29. The van der Waals surface area contributed by atoms with Crippen LogP contribution in [0.4, 0.5) is 0 Å². The minimum atomic E-state index is -0.247. The zero-order valence-corrected chi connectivity index (χ0v) is 10.5. The summed E-state index contributed by atoms with van der Waals surface area (Å²) in [4.78, 5) is 11.3. The van der Waals surface area contributed by atoms with Gasteiger partial charge in [0.05, 0.1) is 0 Å². The van der Waals surface area contributed by atoms with E-state index in [1.807, 2.05) is 0 Å². The largest absolute Gasteiger partial charge is 0.475 e. The molecule has 1 atom stereocenters. The SMILES string of the molecule is CNC(=O)c1ccc(OCC2CCCCN2)nn1. The second-order valence-corrected chi connectivity index (χ2v) is 4.29. The van der Waals surface area contributed by atoms with Gasteiger partial charge in [-0.15, -0.1) is 10.2 Å². The van der Waals surface area contributed by atoms with Crippen molar-refractivity contribution in [1.82, 2.24) is 20.8 Å². The van der Waals surface area contributed by atoms with Crippen LogP contribution in [-0.2, 0) is 0 Å². The van der Waals surface area contributed by atoms with Crippen molar-refractivity contribution < 1.29 is 9.53 Å². The Hall–Kier alpha value is -1.69. The van der Waals surface area contributed by atoms with Gasteiger partial charge in [-0.05, 0) is 25.5 Å². The Morgan fingerprint density at radius 3 is 3.00 bits per heavy atom. The van der Waals surface area contributed by atoms with E-state index >= 15 is 0 Å². The van der Waals surface area contributed by atoms with Crippen molar-refractivity contribution >= 4 is 5.91 Å². The first-order valence-electron chi connectivity index (χ1n) is 6.21. The fourth-order valence-electron chi connectivity index (χ4n) is 1.90. The van der Waals surface area contributed by atoms with E-state index in [1.165, 1.54) is 12.8 Å². The molecule has 2 rings (SSSR count). The first kappa shape index (κ1) is 12.8. The van der Waals surface area contributed by atoms with Crippen LogP contribution >= 0.6 is 0 Å². The molecule has 98 valence electrons. The maximum atomic E-state index is 11.3. The minimum absolute atomic E-state index is 0.247. The van der Waals surface area contributed by atoms with Crippen LogP contribution in [0.15, 0.2) is 12.1 Å². The van der Waals surface area contributed by atoms with Crippen molar-refractivity contribution in [3.63, 3.8) is 0 Å².